The molecule has 2 aromatic carbocycles. The number of nitrogens with two attached hydrogens (primary N) is 1. The first kappa shape index (κ1) is 14.3. The number of carbonyl (C=O) groups is 1. The number of carbonyl (C=O) groups excluding carboxylic acids is 1. The molecule has 0 unspecified atom stereocenters. The standard InChI is InChI=1S/C15H14ClFN2O/c16-11-3-6-13(14(18)9-11)15(20)19-8-7-10-1-4-12(17)5-2-10/h1-6,9H,7-8,18H2,(H,19,20). The van der Waals surface area contributed by atoms with Crippen molar-refractivity contribution in [3.8, 4) is 0 Å². The molecule has 0 spiro atoms. The highest BCUT2D eigenvalue weighted by molar-refractivity contribution is 6.31. The fourth-order valence-corrected chi connectivity index (χ4v) is 1.99. The van der Waals surface area contributed by atoms with E-state index in [-0.39, 0.29) is 11.7 Å². The molecule has 0 aliphatic rings. The zero-order chi connectivity index (χ0) is 14.5. The maximum Gasteiger partial charge on any atom is 0.253 e. The Morgan fingerprint density at radius 3 is 2.55 bits per heavy atom. The molecule has 5 heteroatoms. The third-order valence-corrected chi connectivity index (χ3v) is 3.11. The van der Waals surface area contributed by atoms with Crippen molar-refractivity contribution in [2.45, 2.75) is 6.42 Å². The van der Waals surface area contributed by atoms with Crippen LogP contribution >= 0.6 is 11.6 Å². The molecule has 104 valence electrons. The van der Waals surface area contributed by atoms with E-state index >= 15 is 0 Å². The molecule has 0 bridgehead atoms. The molecule has 0 aliphatic heterocycles. The van der Waals surface area contributed by atoms with Crippen LogP contribution in [0.25, 0.3) is 0 Å². The highest BCUT2D eigenvalue weighted by Gasteiger charge is 2.09. The summed E-state index contributed by atoms with van der Waals surface area (Å²) in [5.74, 6) is -0.520. The number of hydrogen-bond donors (Lipinski definition) is 2. The van der Waals surface area contributed by atoms with Crippen molar-refractivity contribution in [1.82, 2.24) is 5.32 Å². The van der Waals surface area contributed by atoms with Crippen molar-refractivity contribution < 1.29 is 9.18 Å². The highest BCUT2D eigenvalue weighted by atomic mass is 35.5. The van der Waals surface area contributed by atoms with Crippen LogP contribution in [0, 0.1) is 5.82 Å². The lowest BCUT2D eigenvalue weighted by atomic mass is 10.1. The maximum atomic E-state index is 12.7. The fourth-order valence-electron chi connectivity index (χ4n) is 1.81. The number of nitrogens with one attached hydrogen (secondary N) is 1. The van der Waals surface area contributed by atoms with E-state index in [0.717, 1.165) is 5.56 Å². The Morgan fingerprint density at radius 2 is 1.90 bits per heavy atom. The number of hydrogen-bond acceptors (Lipinski definition) is 2. The molecule has 2 aromatic rings. The monoisotopic (exact) mass is 292 g/mol. The molecular weight excluding hydrogens is 279 g/mol. The normalized spacial score (nSPS) is 10.3. The van der Waals surface area contributed by atoms with Crippen LogP contribution in [0.15, 0.2) is 42.5 Å². The first-order chi connectivity index (χ1) is 9.56. The average molecular weight is 293 g/mol. The predicted octanol–water partition coefficient (Wildman–Crippen LogP) is 3.03. The third-order valence-electron chi connectivity index (χ3n) is 2.87. The van der Waals surface area contributed by atoms with Crippen molar-refractivity contribution in [2.24, 2.45) is 0 Å². The molecule has 1 amide bonds. The smallest absolute Gasteiger partial charge is 0.253 e. The van der Waals surface area contributed by atoms with E-state index in [1.807, 2.05) is 0 Å². The lowest BCUT2D eigenvalue weighted by Gasteiger charge is -2.08. The second-order valence-electron chi connectivity index (χ2n) is 4.36. The molecule has 0 heterocycles. The summed E-state index contributed by atoms with van der Waals surface area (Å²) in [6.45, 7) is 0.451. The Hall–Kier alpha value is -2.07. The van der Waals surface area contributed by atoms with Gasteiger partial charge in [-0.3, -0.25) is 4.79 Å². The lowest BCUT2D eigenvalue weighted by molar-refractivity contribution is 0.0955. The van der Waals surface area contributed by atoms with Crippen LogP contribution in [-0.4, -0.2) is 12.5 Å². The van der Waals surface area contributed by atoms with Crippen LogP contribution in [0.4, 0.5) is 10.1 Å². The van der Waals surface area contributed by atoms with Gasteiger partial charge in [-0.15, -0.1) is 0 Å². The Morgan fingerprint density at radius 1 is 1.20 bits per heavy atom. The first-order valence-corrected chi connectivity index (χ1v) is 6.52. The van der Waals surface area contributed by atoms with E-state index in [9.17, 15) is 9.18 Å². The van der Waals surface area contributed by atoms with Gasteiger partial charge < -0.3 is 11.1 Å². The second kappa shape index (κ2) is 6.39. The highest BCUT2D eigenvalue weighted by Crippen LogP contribution is 2.17. The van der Waals surface area contributed by atoms with Gasteiger partial charge in [0.25, 0.3) is 5.91 Å². The molecule has 0 radical (unpaired) electrons. The van der Waals surface area contributed by atoms with Gasteiger partial charge in [-0.25, -0.2) is 4.39 Å². The van der Waals surface area contributed by atoms with Crippen molar-refractivity contribution in [1.29, 1.82) is 0 Å². The van der Waals surface area contributed by atoms with Gasteiger partial charge >= 0.3 is 0 Å². The van der Waals surface area contributed by atoms with Crippen LogP contribution in [0.2, 0.25) is 5.02 Å². The zero-order valence-corrected chi connectivity index (χ0v) is 11.5. The maximum absolute atomic E-state index is 12.7. The number of anilines is 1. The van der Waals surface area contributed by atoms with E-state index < -0.39 is 0 Å². The number of amides is 1. The van der Waals surface area contributed by atoms with E-state index in [0.29, 0.717) is 29.2 Å². The summed E-state index contributed by atoms with van der Waals surface area (Å²) in [6.07, 6.45) is 0.625. The SMILES string of the molecule is Nc1cc(Cl)ccc1C(=O)NCCc1ccc(F)cc1. The van der Waals surface area contributed by atoms with Gasteiger partial charge in [-0.2, -0.15) is 0 Å². The van der Waals surface area contributed by atoms with E-state index in [1.165, 1.54) is 18.2 Å². The first-order valence-electron chi connectivity index (χ1n) is 6.14. The molecule has 0 saturated heterocycles. The predicted molar refractivity (Wildman–Crippen MR) is 78.3 cm³/mol. The largest absolute Gasteiger partial charge is 0.398 e. The van der Waals surface area contributed by atoms with E-state index in [1.54, 1.807) is 24.3 Å². The average Bonchev–Trinajstić information content (AvgIpc) is 2.41. The van der Waals surface area contributed by atoms with Crippen molar-refractivity contribution in [3.05, 3.63) is 64.4 Å². The summed E-state index contributed by atoms with van der Waals surface area (Å²) in [4.78, 5) is 11.9. The van der Waals surface area contributed by atoms with E-state index in [4.69, 9.17) is 17.3 Å². The van der Waals surface area contributed by atoms with Crippen LogP contribution in [0.3, 0.4) is 0 Å². The minimum atomic E-state index is -0.272. The molecule has 3 nitrogen and oxygen atoms in total. The van der Waals surface area contributed by atoms with E-state index in [2.05, 4.69) is 5.32 Å². The molecule has 2 rings (SSSR count). The molecule has 0 saturated carbocycles. The minimum absolute atomic E-state index is 0.249. The molecular formula is C15H14ClFN2O. The summed E-state index contributed by atoms with van der Waals surface area (Å²) in [5, 5.41) is 3.26. The number of rotatable bonds is 4. The van der Waals surface area contributed by atoms with Gasteiger partial charge in [0.05, 0.1) is 5.56 Å². The summed E-state index contributed by atoms with van der Waals surface area (Å²) in [7, 11) is 0. The Bertz CT molecular complexity index is 614. The van der Waals surface area contributed by atoms with Crippen LogP contribution in [0.1, 0.15) is 15.9 Å². The molecule has 0 atom stereocenters. The third kappa shape index (κ3) is 3.71. The van der Waals surface area contributed by atoms with Crippen molar-refractivity contribution >= 4 is 23.2 Å². The number of benzene rings is 2. The molecule has 3 N–H and O–H groups in total. The Balaban J connectivity index is 1.90. The fraction of sp³-hybridized carbons (Fsp3) is 0.133. The van der Waals surface area contributed by atoms with Crippen LogP contribution < -0.4 is 11.1 Å². The Kier molecular flexibility index (Phi) is 4.58. The van der Waals surface area contributed by atoms with Crippen molar-refractivity contribution in [2.75, 3.05) is 12.3 Å². The zero-order valence-electron chi connectivity index (χ0n) is 10.7. The minimum Gasteiger partial charge on any atom is -0.398 e. The van der Waals surface area contributed by atoms with Gasteiger partial charge in [-0.1, -0.05) is 23.7 Å². The molecule has 0 fully saturated rings. The quantitative estimate of drug-likeness (QED) is 0.851. The summed E-state index contributed by atoms with van der Waals surface area (Å²) < 4.78 is 12.7. The lowest BCUT2D eigenvalue weighted by Crippen LogP contribution is -2.26. The van der Waals surface area contributed by atoms with Gasteiger partial charge in [0, 0.05) is 17.3 Å². The summed E-state index contributed by atoms with van der Waals surface area (Å²) in [5.41, 5.74) is 7.43. The molecule has 0 aromatic heterocycles. The molecule has 20 heavy (non-hydrogen) atoms. The summed E-state index contributed by atoms with van der Waals surface area (Å²) in [6, 6.07) is 10.9. The van der Waals surface area contributed by atoms with Gasteiger partial charge in [0.15, 0.2) is 0 Å². The van der Waals surface area contributed by atoms with Gasteiger partial charge in [0.1, 0.15) is 5.82 Å². The van der Waals surface area contributed by atoms with Crippen LogP contribution in [0.5, 0.6) is 0 Å². The number of nitrogen functional groups attached to an aromatic ring is 1. The summed E-state index contributed by atoms with van der Waals surface area (Å²) >= 11 is 5.78. The van der Waals surface area contributed by atoms with Gasteiger partial charge in [0.2, 0.25) is 0 Å². The molecule has 0 aliphatic carbocycles. The Labute approximate surface area is 121 Å². The van der Waals surface area contributed by atoms with Gasteiger partial charge in [-0.05, 0) is 42.3 Å². The number of halogens is 2. The topological polar surface area (TPSA) is 55.1 Å². The van der Waals surface area contributed by atoms with Crippen molar-refractivity contribution in [3.63, 3.8) is 0 Å². The second-order valence-corrected chi connectivity index (χ2v) is 4.80. The van der Waals surface area contributed by atoms with Crippen LogP contribution in [-0.2, 0) is 6.42 Å².